The second kappa shape index (κ2) is 11.9. The van der Waals surface area contributed by atoms with Crippen LogP contribution in [0.25, 0.3) is 0 Å². The van der Waals surface area contributed by atoms with Crippen molar-refractivity contribution in [3.8, 4) is 0 Å². The predicted molar refractivity (Wildman–Crippen MR) is 138 cm³/mol. The molecule has 34 heavy (non-hydrogen) atoms. The van der Waals surface area contributed by atoms with Gasteiger partial charge in [0.05, 0.1) is 11.9 Å². The summed E-state index contributed by atoms with van der Waals surface area (Å²) in [4.78, 5) is 27.8. The molecule has 2 aromatic rings. The van der Waals surface area contributed by atoms with Gasteiger partial charge in [-0.1, -0.05) is 42.3 Å². The molecule has 0 aromatic heterocycles. The first-order valence-corrected chi connectivity index (χ1v) is 13.5. The molecular formula is C24H31Cl2N3O4S. The molecule has 1 N–H and O–H groups in total. The number of amides is 2. The maximum absolute atomic E-state index is 13.6. The molecule has 0 saturated heterocycles. The number of hydrogen-bond donors (Lipinski definition) is 1. The normalized spacial score (nSPS) is 12.2. The van der Waals surface area contributed by atoms with Crippen molar-refractivity contribution in [2.24, 2.45) is 0 Å². The first-order chi connectivity index (χ1) is 15.9. The molecule has 0 radical (unpaired) electrons. The Morgan fingerprint density at radius 3 is 2.15 bits per heavy atom. The van der Waals surface area contributed by atoms with Gasteiger partial charge in [0.15, 0.2) is 0 Å². The van der Waals surface area contributed by atoms with E-state index >= 15 is 0 Å². The summed E-state index contributed by atoms with van der Waals surface area (Å²) >= 11 is 12.4. The number of anilines is 1. The quantitative estimate of drug-likeness (QED) is 0.498. The lowest BCUT2D eigenvalue weighted by Gasteiger charge is -2.33. The van der Waals surface area contributed by atoms with Crippen LogP contribution in [0.2, 0.25) is 10.0 Å². The van der Waals surface area contributed by atoms with Gasteiger partial charge in [-0.2, -0.15) is 0 Å². The van der Waals surface area contributed by atoms with Crippen LogP contribution in [0.4, 0.5) is 5.69 Å². The fourth-order valence-electron chi connectivity index (χ4n) is 3.75. The molecule has 10 heteroatoms. The summed E-state index contributed by atoms with van der Waals surface area (Å²) < 4.78 is 26.4. The molecule has 2 rings (SSSR count). The fraction of sp³-hybridized carbons (Fsp3) is 0.417. The van der Waals surface area contributed by atoms with Gasteiger partial charge in [0.2, 0.25) is 21.8 Å². The van der Waals surface area contributed by atoms with E-state index in [1.54, 1.807) is 44.2 Å². The maximum atomic E-state index is 13.6. The minimum absolute atomic E-state index is 0.0227. The highest BCUT2D eigenvalue weighted by Crippen LogP contribution is 2.25. The van der Waals surface area contributed by atoms with Crippen molar-refractivity contribution in [3.05, 3.63) is 63.1 Å². The zero-order valence-corrected chi connectivity index (χ0v) is 22.4. The number of benzene rings is 2. The van der Waals surface area contributed by atoms with Crippen LogP contribution in [0.15, 0.2) is 36.4 Å². The maximum Gasteiger partial charge on any atom is 0.244 e. The summed E-state index contributed by atoms with van der Waals surface area (Å²) in [6.07, 6.45) is 1.39. The van der Waals surface area contributed by atoms with Crippen LogP contribution in [0.5, 0.6) is 0 Å². The lowest BCUT2D eigenvalue weighted by Crippen LogP contribution is -2.52. The van der Waals surface area contributed by atoms with Crippen LogP contribution >= 0.6 is 23.2 Å². The zero-order valence-electron chi connectivity index (χ0n) is 20.1. The molecule has 0 aliphatic heterocycles. The van der Waals surface area contributed by atoms with E-state index < -0.39 is 28.5 Å². The summed E-state index contributed by atoms with van der Waals surface area (Å²) in [6, 6.07) is 9.44. The van der Waals surface area contributed by atoms with Gasteiger partial charge in [-0.15, -0.1) is 0 Å². The molecule has 0 heterocycles. The largest absolute Gasteiger partial charge is 0.355 e. The van der Waals surface area contributed by atoms with Crippen LogP contribution in [0, 0.1) is 13.8 Å². The van der Waals surface area contributed by atoms with Crippen LogP contribution < -0.4 is 9.62 Å². The topological polar surface area (TPSA) is 86.8 Å². The number of carbonyl (C=O) groups excluding carboxylic acids is 2. The molecule has 0 fully saturated rings. The number of likely N-dealkylation sites (N-methyl/N-ethyl adjacent to an activating group) is 1. The molecular weight excluding hydrogens is 497 g/mol. The molecule has 0 aliphatic rings. The monoisotopic (exact) mass is 527 g/mol. The SMILES string of the molecule is CCNC(=O)C(CC)N(Cc1ccc(Cl)cc1Cl)C(=O)CN(c1cc(C)cc(C)c1)S(C)(=O)=O. The van der Waals surface area contributed by atoms with Crippen LogP contribution in [0.1, 0.15) is 37.0 Å². The number of hydrogen-bond acceptors (Lipinski definition) is 4. The zero-order chi connectivity index (χ0) is 25.6. The van der Waals surface area contributed by atoms with Crippen molar-refractivity contribution in [3.63, 3.8) is 0 Å². The standard InChI is InChI=1S/C24H31Cl2N3O4S/c1-6-22(24(31)27-7-2)28(14-18-8-9-19(25)13-21(18)26)23(30)15-29(34(5,32)33)20-11-16(3)10-17(4)12-20/h8-13,22H,6-7,14-15H2,1-5H3,(H,27,31). The highest BCUT2D eigenvalue weighted by molar-refractivity contribution is 7.92. The Morgan fingerprint density at radius 1 is 1.03 bits per heavy atom. The molecule has 0 saturated carbocycles. The van der Waals surface area contributed by atoms with Gasteiger partial charge in [0.25, 0.3) is 0 Å². The molecule has 186 valence electrons. The van der Waals surface area contributed by atoms with Crippen molar-refractivity contribution in [2.45, 2.75) is 46.7 Å². The molecule has 0 spiro atoms. The second-order valence-electron chi connectivity index (χ2n) is 8.19. The number of rotatable bonds is 10. The Kier molecular flexibility index (Phi) is 9.79. The number of aryl methyl sites for hydroxylation is 2. The lowest BCUT2D eigenvalue weighted by molar-refractivity contribution is -0.140. The number of nitrogens with one attached hydrogen (secondary N) is 1. The molecule has 1 unspecified atom stereocenters. The minimum Gasteiger partial charge on any atom is -0.355 e. The Labute approximate surface area is 212 Å². The molecule has 1 atom stereocenters. The van der Waals surface area contributed by atoms with Gasteiger partial charge in [-0.25, -0.2) is 8.42 Å². The number of halogens is 2. The van der Waals surface area contributed by atoms with Gasteiger partial charge >= 0.3 is 0 Å². The third kappa shape index (κ3) is 7.35. The molecule has 2 amide bonds. The fourth-order valence-corrected chi connectivity index (χ4v) is 5.05. The number of sulfonamides is 1. The average Bonchev–Trinajstić information content (AvgIpc) is 2.71. The highest BCUT2D eigenvalue weighted by atomic mass is 35.5. The minimum atomic E-state index is -3.79. The summed E-state index contributed by atoms with van der Waals surface area (Å²) in [7, 11) is -3.79. The van der Waals surface area contributed by atoms with E-state index in [4.69, 9.17) is 23.2 Å². The van der Waals surface area contributed by atoms with Crippen molar-refractivity contribution >= 4 is 50.7 Å². The Hall–Kier alpha value is -2.29. The smallest absolute Gasteiger partial charge is 0.244 e. The van der Waals surface area contributed by atoms with E-state index in [1.807, 2.05) is 19.9 Å². The predicted octanol–water partition coefficient (Wildman–Crippen LogP) is 4.32. The van der Waals surface area contributed by atoms with E-state index in [0.29, 0.717) is 34.3 Å². The summed E-state index contributed by atoms with van der Waals surface area (Å²) in [5, 5.41) is 3.55. The third-order valence-electron chi connectivity index (χ3n) is 5.27. The van der Waals surface area contributed by atoms with Gasteiger partial charge < -0.3 is 10.2 Å². The Morgan fingerprint density at radius 2 is 1.65 bits per heavy atom. The second-order valence-corrected chi connectivity index (χ2v) is 10.9. The van der Waals surface area contributed by atoms with Crippen molar-refractivity contribution in [2.75, 3.05) is 23.7 Å². The van der Waals surface area contributed by atoms with Gasteiger partial charge in [0, 0.05) is 23.1 Å². The highest BCUT2D eigenvalue weighted by Gasteiger charge is 2.32. The molecule has 0 aliphatic carbocycles. The van der Waals surface area contributed by atoms with Gasteiger partial charge in [-0.3, -0.25) is 13.9 Å². The molecule has 2 aromatic carbocycles. The summed E-state index contributed by atoms with van der Waals surface area (Å²) in [5.41, 5.74) is 2.73. The number of carbonyl (C=O) groups is 2. The molecule has 0 bridgehead atoms. The summed E-state index contributed by atoms with van der Waals surface area (Å²) in [6.45, 7) is 7.26. The van der Waals surface area contributed by atoms with E-state index in [0.717, 1.165) is 21.7 Å². The first kappa shape index (κ1) is 28.0. The van der Waals surface area contributed by atoms with E-state index in [-0.39, 0.29) is 12.5 Å². The van der Waals surface area contributed by atoms with Crippen molar-refractivity contribution in [1.29, 1.82) is 0 Å². The number of nitrogens with zero attached hydrogens (tertiary/aromatic N) is 2. The lowest BCUT2D eigenvalue weighted by atomic mass is 10.1. The third-order valence-corrected chi connectivity index (χ3v) is 6.99. The van der Waals surface area contributed by atoms with Crippen molar-refractivity contribution < 1.29 is 18.0 Å². The first-order valence-electron chi connectivity index (χ1n) is 10.9. The van der Waals surface area contributed by atoms with Crippen molar-refractivity contribution in [1.82, 2.24) is 10.2 Å². The Bertz CT molecular complexity index is 1130. The van der Waals surface area contributed by atoms with Crippen LogP contribution in [-0.4, -0.2) is 50.5 Å². The van der Waals surface area contributed by atoms with E-state index in [1.165, 1.54) is 4.90 Å². The molecule has 7 nitrogen and oxygen atoms in total. The average molecular weight is 529 g/mol. The van der Waals surface area contributed by atoms with E-state index in [2.05, 4.69) is 5.32 Å². The van der Waals surface area contributed by atoms with Gasteiger partial charge in [-0.05, 0) is 68.1 Å². The van der Waals surface area contributed by atoms with Gasteiger partial charge in [0.1, 0.15) is 12.6 Å². The Balaban J connectivity index is 2.50. The van der Waals surface area contributed by atoms with Crippen LogP contribution in [-0.2, 0) is 26.2 Å². The van der Waals surface area contributed by atoms with Crippen LogP contribution in [0.3, 0.4) is 0 Å². The van der Waals surface area contributed by atoms with E-state index in [9.17, 15) is 18.0 Å². The summed E-state index contributed by atoms with van der Waals surface area (Å²) in [5.74, 6) is -0.838.